The van der Waals surface area contributed by atoms with Gasteiger partial charge in [-0.05, 0) is 37.1 Å². The smallest absolute Gasteiger partial charge is 0.240 e. The number of carbonyl (C=O) groups excluding carboxylic acids is 2. The maximum absolute atomic E-state index is 12.7. The van der Waals surface area contributed by atoms with Crippen LogP contribution in [0.5, 0.6) is 11.5 Å². The molecule has 0 bridgehead atoms. The van der Waals surface area contributed by atoms with E-state index < -0.39 is 5.41 Å². The highest BCUT2D eigenvalue weighted by Gasteiger charge is 2.56. The average molecular weight is 355 g/mol. The van der Waals surface area contributed by atoms with Crippen molar-refractivity contribution < 1.29 is 19.1 Å². The van der Waals surface area contributed by atoms with Gasteiger partial charge < -0.3 is 20.1 Å². The summed E-state index contributed by atoms with van der Waals surface area (Å²) in [4.78, 5) is 29.4. The predicted molar refractivity (Wildman–Crippen MR) is 95.9 cm³/mol. The van der Waals surface area contributed by atoms with Crippen LogP contribution in [0.2, 0.25) is 0 Å². The second-order valence-electron chi connectivity index (χ2n) is 6.11. The molecular formula is C19H21N3O4. The lowest BCUT2D eigenvalue weighted by Crippen LogP contribution is -2.39. The first-order valence-corrected chi connectivity index (χ1v) is 8.31. The third-order valence-corrected chi connectivity index (χ3v) is 4.43. The van der Waals surface area contributed by atoms with Crippen molar-refractivity contribution in [1.82, 2.24) is 10.3 Å². The molecule has 1 aliphatic carbocycles. The van der Waals surface area contributed by atoms with Crippen molar-refractivity contribution in [3.05, 3.63) is 48.3 Å². The second-order valence-corrected chi connectivity index (χ2v) is 6.11. The number of anilines is 1. The number of nitrogens with zero attached hydrogens (tertiary/aromatic N) is 1. The van der Waals surface area contributed by atoms with Gasteiger partial charge in [0.15, 0.2) is 0 Å². The number of carbonyl (C=O) groups is 2. The molecule has 7 nitrogen and oxygen atoms in total. The molecule has 0 spiro atoms. The highest BCUT2D eigenvalue weighted by atomic mass is 16.5. The van der Waals surface area contributed by atoms with E-state index in [9.17, 15) is 9.59 Å². The monoisotopic (exact) mass is 355 g/mol. The van der Waals surface area contributed by atoms with Crippen molar-refractivity contribution in [3.63, 3.8) is 0 Å². The highest BCUT2D eigenvalue weighted by molar-refractivity contribution is 6.13. The summed E-state index contributed by atoms with van der Waals surface area (Å²) in [6.07, 6.45) is 2.70. The van der Waals surface area contributed by atoms with Crippen LogP contribution in [0.15, 0.2) is 42.6 Å². The van der Waals surface area contributed by atoms with Crippen LogP contribution in [-0.2, 0) is 16.1 Å². The largest absolute Gasteiger partial charge is 0.497 e. The summed E-state index contributed by atoms with van der Waals surface area (Å²) in [6.45, 7) is 0.292. The number of ether oxygens (including phenoxy) is 2. The number of nitrogens with one attached hydrogen (secondary N) is 2. The van der Waals surface area contributed by atoms with Crippen molar-refractivity contribution in [2.24, 2.45) is 5.41 Å². The first-order chi connectivity index (χ1) is 12.6. The molecule has 2 N–H and O–H groups in total. The lowest BCUT2D eigenvalue weighted by molar-refractivity contribution is -0.134. The molecule has 1 aliphatic rings. The Hall–Kier alpha value is -3.09. The first kappa shape index (κ1) is 17.7. The summed E-state index contributed by atoms with van der Waals surface area (Å²) in [5, 5.41) is 5.60. The number of benzene rings is 1. The standard InChI is InChI=1S/C19H21N3O4/c1-25-14-6-7-15(16(11-14)26-2)22-18(24)19(8-9-19)17(23)21-12-13-5-3-4-10-20-13/h3-7,10-11H,8-9,12H2,1-2H3,(H,21,23)(H,22,24). The number of amides is 2. The lowest BCUT2D eigenvalue weighted by atomic mass is 10.0. The van der Waals surface area contributed by atoms with Gasteiger partial charge in [0.2, 0.25) is 11.8 Å². The number of pyridine rings is 1. The average Bonchev–Trinajstić information content (AvgIpc) is 3.49. The van der Waals surface area contributed by atoms with Gasteiger partial charge in [-0.15, -0.1) is 0 Å². The Morgan fingerprint density at radius 1 is 1.12 bits per heavy atom. The van der Waals surface area contributed by atoms with Gasteiger partial charge in [-0.3, -0.25) is 14.6 Å². The van der Waals surface area contributed by atoms with Gasteiger partial charge in [0.25, 0.3) is 0 Å². The molecule has 2 aromatic rings. The summed E-state index contributed by atoms with van der Waals surface area (Å²) in [5.74, 6) is 0.476. The zero-order valence-electron chi connectivity index (χ0n) is 14.7. The third kappa shape index (κ3) is 3.61. The third-order valence-electron chi connectivity index (χ3n) is 4.43. The van der Waals surface area contributed by atoms with Gasteiger partial charge in [0, 0.05) is 12.3 Å². The summed E-state index contributed by atoms with van der Waals surface area (Å²) in [5.41, 5.74) is 0.218. The van der Waals surface area contributed by atoms with Gasteiger partial charge in [-0.25, -0.2) is 0 Å². The topological polar surface area (TPSA) is 89.5 Å². The summed E-state index contributed by atoms with van der Waals surface area (Å²) in [7, 11) is 3.06. The molecule has 3 rings (SSSR count). The van der Waals surface area contributed by atoms with E-state index in [4.69, 9.17) is 9.47 Å². The van der Waals surface area contributed by atoms with E-state index in [1.807, 2.05) is 18.2 Å². The van der Waals surface area contributed by atoms with Gasteiger partial charge in [0.1, 0.15) is 16.9 Å². The van der Waals surface area contributed by atoms with Crippen molar-refractivity contribution in [2.45, 2.75) is 19.4 Å². The maximum atomic E-state index is 12.7. The molecule has 1 aromatic heterocycles. The molecule has 1 saturated carbocycles. The molecule has 1 heterocycles. The molecular weight excluding hydrogens is 334 g/mol. The van der Waals surface area contributed by atoms with Crippen LogP contribution in [0, 0.1) is 5.41 Å². The molecule has 2 amide bonds. The molecule has 136 valence electrons. The zero-order chi connectivity index (χ0) is 18.6. The van der Waals surface area contributed by atoms with Crippen LogP contribution in [-0.4, -0.2) is 31.0 Å². The molecule has 0 radical (unpaired) electrons. The van der Waals surface area contributed by atoms with E-state index >= 15 is 0 Å². The Morgan fingerprint density at radius 3 is 2.54 bits per heavy atom. The summed E-state index contributed by atoms with van der Waals surface area (Å²) in [6, 6.07) is 10.6. The molecule has 0 atom stereocenters. The van der Waals surface area contributed by atoms with E-state index in [0.29, 0.717) is 36.6 Å². The van der Waals surface area contributed by atoms with Crippen molar-refractivity contribution in [1.29, 1.82) is 0 Å². The molecule has 1 aromatic carbocycles. The highest BCUT2D eigenvalue weighted by Crippen LogP contribution is 2.47. The molecule has 7 heteroatoms. The Morgan fingerprint density at radius 2 is 1.92 bits per heavy atom. The number of hydrogen-bond acceptors (Lipinski definition) is 5. The molecule has 26 heavy (non-hydrogen) atoms. The van der Waals surface area contributed by atoms with E-state index in [1.54, 1.807) is 31.5 Å². The normalized spacial score (nSPS) is 14.2. The van der Waals surface area contributed by atoms with E-state index in [2.05, 4.69) is 15.6 Å². The van der Waals surface area contributed by atoms with Gasteiger partial charge >= 0.3 is 0 Å². The maximum Gasteiger partial charge on any atom is 0.240 e. The molecule has 1 fully saturated rings. The Labute approximate surface area is 151 Å². The van der Waals surface area contributed by atoms with E-state index in [1.165, 1.54) is 7.11 Å². The minimum absolute atomic E-state index is 0.284. The minimum atomic E-state index is -1.03. The number of methoxy groups -OCH3 is 2. The molecule has 0 unspecified atom stereocenters. The predicted octanol–water partition coefficient (Wildman–Crippen LogP) is 2.13. The summed E-state index contributed by atoms with van der Waals surface area (Å²) >= 11 is 0. The lowest BCUT2D eigenvalue weighted by Gasteiger charge is -2.17. The van der Waals surface area contributed by atoms with Crippen LogP contribution in [0.4, 0.5) is 5.69 Å². The van der Waals surface area contributed by atoms with E-state index in [0.717, 1.165) is 5.69 Å². The fourth-order valence-electron chi connectivity index (χ4n) is 2.67. The quantitative estimate of drug-likeness (QED) is 0.743. The first-order valence-electron chi connectivity index (χ1n) is 8.31. The number of aromatic nitrogens is 1. The number of hydrogen-bond donors (Lipinski definition) is 2. The van der Waals surface area contributed by atoms with Crippen molar-refractivity contribution in [2.75, 3.05) is 19.5 Å². The fraction of sp³-hybridized carbons (Fsp3) is 0.316. The summed E-state index contributed by atoms with van der Waals surface area (Å²) < 4.78 is 10.4. The van der Waals surface area contributed by atoms with Gasteiger partial charge in [0.05, 0.1) is 32.1 Å². The zero-order valence-corrected chi connectivity index (χ0v) is 14.7. The van der Waals surface area contributed by atoms with Crippen LogP contribution in [0.1, 0.15) is 18.5 Å². The minimum Gasteiger partial charge on any atom is -0.497 e. The SMILES string of the molecule is COc1ccc(NC(=O)C2(C(=O)NCc3ccccn3)CC2)c(OC)c1. The number of rotatable bonds is 7. The molecule has 0 aliphatic heterocycles. The van der Waals surface area contributed by atoms with Gasteiger partial charge in [-0.2, -0.15) is 0 Å². The van der Waals surface area contributed by atoms with Gasteiger partial charge in [-0.1, -0.05) is 6.07 Å². The Balaban J connectivity index is 1.66. The fourth-order valence-corrected chi connectivity index (χ4v) is 2.67. The van der Waals surface area contributed by atoms with Crippen molar-refractivity contribution >= 4 is 17.5 Å². The van der Waals surface area contributed by atoms with Crippen LogP contribution in [0.3, 0.4) is 0 Å². The molecule has 0 saturated heterocycles. The second kappa shape index (κ2) is 7.43. The Bertz CT molecular complexity index is 804. The van der Waals surface area contributed by atoms with Crippen LogP contribution >= 0.6 is 0 Å². The Kier molecular flexibility index (Phi) is 5.06. The van der Waals surface area contributed by atoms with Crippen LogP contribution in [0.25, 0.3) is 0 Å². The van der Waals surface area contributed by atoms with Crippen LogP contribution < -0.4 is 20.1 Å². The van der Waals surface area contributed by atoms with E-state index in [-0.39, 0.29) is 11.8 Å². The van der Waals surface area contributed by atoms with Crippen molar-refractivity contribution in [3.8, 4) is 11.5 Å².